The summed E-state index contributed by atoms with van der Waals surface area (Å²) in [4.78, 5) is 2.14. The van der Waals surface area contributed by atoms with Crippen molar-refractivity contribution in [1.29, 1.82) is 0 Å². The van der Waals surface area contributed by atoms with Gasteiger partial charge in [0.25, 0.3) is 0 Å². The number of hydrogen-bond donors (Lipinski definition) is 1. The molecule has 5 heteroatoms. The van der Waals surface area contributed by atoms with Crippen LogP contribution < -0.4 is 5.73 Å². The second kappa shape index (κ2) is 7.06. The van der Waals surface area contributed by atoms with Crippen molar-refractivity contribution in [1.82, 2.24) is 4.90 Å². The minimum absolute atomic E-state index is 0.103. The van der Waals surface area contributed by atoms with Crippen LogP contribution in [0.4, 0.5) is 0 Å². The van der Waals surface area contributed by atoms with Crippen LogP contribution in [-0.2, 0) is 4.74 Å². The maximum atomic E-state index is 5.76. The number of likely N-dealkylation sites (N-methyl/N-ethyl adjacent to an activating group) is 1. The SMILES string of the molecule is CCOCCN(C)C(CN)c1ccc(Br)o1. The molecule has 1 unspecified atom stereocenters. The van der Waals surface area contributed by atoms with E-state index in [2.05, 4.69) is 20.8 Å². The summed E-state index contributed by atoms with van der Waals surface area (Å²) in [6.07, 6.45) is 0. The summed E-state index contributed by atoms with van der Waals surface area (Å²) in [5.74, 6) is 0.883. The molecular formula is C11H19BrN2O2. The first kappa shape index (κ1) is 13.7. The molecule has 0 aromatic carbocycles. The maximum absolute atomic E-state index is 5.76. The lowest BCUT2D eigenvalue weighted by Gasteiger charge is -2.24. The van der Waals surface area contributed by atoms with Gasteiger partial charge in [-0.2, -0.15) is 0 Å². The molecular weight excluding hydrogens is 272 g/mol. The summed E-state index contributed by atoms with van der Waals surface area (Å²) in [6.45, 7) is 4.82. The molecule has 4 nitrogen and oxygen atoms in total. The number of hydrogen-bond acceptors (Lipinski definition) is 4. The fraction of sp³-hybridized carbons (Fsp3) is 0.636. The molecule has 92 valence electrons. The normalized spacial score (nSPS) is 13.3. The Morgan fingerprint density at radius 3 is 2.81 bits per heavy atom. The third-order valence-corrected chi connectivity index (χ3v) is 2.90. The molecule has 0 spiro atoms. The van der Waals surface area contributed by atoms with Gasteiger partial charge in [-0.1, -0.05) is 0 Å². The van der Waals surface area contributed by atoms with Crippen LogP contribution in [0.25, 0.3) is 0 Å². The first-order valence-electron chi connectivity index (χ1n) is 5.42. The summed E-state index contributed by atoms with van der Waals surface area (Å²) in [5.41, 5.74) is 5.76. The zero-order chi connectivity index (χ0) is 12.0. The highest BCUT2D eigenvalue weighted by atomic mass is 79.9. The first-order valence-corrected chi connectivity index (χ1v) is 6.21. The third-order valence-electron chi connectivity index (χ3n) is 2.47. The van der Waals surface area contributed by atoms with Crippen LogP contribution in [0.3, 0.4) is 0 Å². The van der Waals surface area contributed by atoms with E-state index in [0.717, 1.165) is 23.6 Å². The van der Waals surface area contributed by atoms with E-state index >= 15 is 0 Å². The molecule has 0 saturated heterocycles. The molecule has 0 radical (unpaired) electrons. The van der Waals surface area contributed by atoms with Gasteiger partial charge in [-0.15, -0.1) is 0 Å². The lowest BCUT2D eigenvalue weighted by molar-refractivity contribution is 0.103. The minimum Gasteiger partial charge on any atom is -0.453 e. The van der Waals surface area contributed by atoms with Crippen LogP contribution in [0.2, 0.25) is 0 Å². The molecule has 0 amide bonds. The van der Waals surface area contributed by atoms with E-state index in [9.17, 15) is 0 Å². The van der Waals surface area contributed by atoms with Crippen LogP contribution in [0.1, 0.15) is 18.7 Å². The van der Waals surface area contributed by atoms with Gasteiger partial charge in [-0.05, 0) is 42.0 Å². The Kier molecular flexibility index (Phi) is 6.05. The highest BCUT2D eigenvalue weighted by Crippen LogP contribution is 2.23. The van der Waals surface area contributed by atoms with Gasteiger partial charge in [-0.25, -0.2) is 0 Å². The molecule has 1 aromatic heterocycles. The van der Waals surface area contributed by atoms with Crippen molar-refractivity contribution in [2.45, 2.75) is 13.0 Å². The van der Waals surface area contributed by atoms with Crippen LogP contribution in [0, 0.1) is 0 Å². The summed E-state index contributed by atoms with van der Waals surface area (Å²) in [7, 11) is 2.02. The van der Waals surface area contributed by atoms with Crippen LogP contribution >= 0.6 is 15.9 Å². The Bertz CT molecular complexity index is 304. The van der Waals surface area contributed by atoms with Crippen LogP contribution in [0.15, 0.2) is 21.2 Å². The van der Waals surface area contributed by atoms with Crippen molar-refractivity contribution in [3.8, 4) is 0 Å². The monoisotopic (exact) mass is 290 g/mol. The van der Waals surface area contributed by atoms with Crippen molar-refractivity contribution < 1.29 is 9.15 Å². The number of halogens is 1. The van der Waals surface area contributed by atoms with Crippen LogP contribution in [0.5, 0.6) is 0 Å². The molecule has 0 saturated carbocycles. The molecule has 16 heavy (non-hydrogen) atoms. The topological polar surface area (TPSA) is 51.6 Å². The summed E-state index contributed by atoms with van der Waals surface area (Å²) >= 11 is 3.29. The van der Waals surface area contributed by atoms with E-state index in [1.807, 2.05) is 26.1 Å². The molecule has 0 bridgehead atoms. The van der Waals surface area contributed by atoms with Crippen molar-refractivity contribution in [3.63, 3.8) is 0 Å². The number of furan rings is 1. The van der Waals surface area contributed by atoms with Gasteiger partial charge in [0.05, 0.1) is 12.6 Å². The molecule has 0 aliphatic carbocycles. The Morgan fingerprint density at radius 2 is 2.31 bits per heavy atom. The van der Waals surface area contributed by atoms with Crippen molar-refractivity contribution in [2.75, 3.05) is 33.4 Å². The zero-order valence-corrected chi connectivity index (χ0v) is 11.4. The lowest BCUT2D eigenvalue weighted by atomic mass is 10.2. The van der Waals surface area contributed by atoms with Crippen molar-refractivity contribution in [2.24, 2.45) is 5.73 Å². The van der Waals surface area contributed by atoms with E-state index < -0.39 is 0 Å². The van der Waals surface area contributed by atoms with Crippen molar-refractivity contribution >= 4 is 15.9 Å². The smallest absolute Gasteiger partial charge is 0.169 e. The van der Waals surface area contributed by atoms with Gasteiger partial charge >= 0.3 is 0 Å². The molecule has 0 aliphatic heterocycles. The second-order valence-corrected chi connectivity index (χ2v) is 4.35. The van der Waals surface area contributed by atoms with E-state index in [1.165, 1.54) is 0 Å². The van der Waals surface area contributed by atoms with Gasteiger partial charge in [0.1, 0.15) is 5.76 Å². The predicted octanol–water partition coefficient (Wildman–Crippen LogP) is 2.01. The average Bonchev–Trinajstić information content (AvgIpc) is 2.66. The van der Waals surface area contributed by atoms with Gasteiger partial charge in [0.2, 0.25) is 0 Å². The zero-order valence-electron chi connectivity index (χ0n) is 9.78. The van der Waals surface area contributed by atoms with Gasteiger partial charge in [0.15, 0.2) is 4.67 Å². The van der Waals surface area contributed by atoms with Gasteiger partial charge in [-0.3, -0.25) is 4.90 Å². The lowest BCUT2D eigenvalue weighted by Crippen LogP contribution is -2.32. The Hall–Kier alpha value is -0.360. The molecule has 1 aromatic rings. The number of nitrogens with zero attached hydrogens (tertiary/aromatic N) is 1. The molecule has 0 aliphatic rings. The Morgan fingerprint density at radius 1 is 1.56 bits per heavy atom. The molecule has 0 fully saturated rings. The second-order valence-electron chi connectivity index (χ2n) is 3.57. The minimum atomic E-state index is 0.103. The predicted molar refractivity (Wildman–Crippen MR) is 67.3 cm³/mol. The fourth-order valence-electron chi connectivity index (χ4n) is 1.53. The molecule has 2 N–H and O–H groups in total. The first-order chi connectivity index (χ1) is 7.69. The molecule has 1 rings (SSSR count). The average molecular weight is 291 g/mol. The van der Waals surface area contributed by atoms with E-state index in [-0.39, 0.29) is 6.04 Å². The summed E-state index contributed by atoms with van der Waals surface area (Å²) < 4.78 is 11.6. The van der Waals surface area contributed by atoms with Gasteiger partial charge in [0, 0.05) is 19.7 Å². The quantitative estimate of drug-likeness (QED) is 0.781. The standard InChI is InChI=1S/C11H19BrN2O2/c1-3-15-7-6-14(2)9(8-13)10-4-5-11(12)16-10/h4-5,9H,3,6-8,13H2,1-2H3. The van der Waals surface area contributed by atoms with E-state index in [1.54, 1.807) is 0 Å². The van der Waals surface area contributed by atoms with E-state index in [4.69, 9.17) is 14.9 Å². The summed E-state index contributed by atoms with van der Waals surface area (Å²) in [5, 5.41) is 0. The number of nitrogens with two attached hydrogens (primary N) is 1. The summed E-state index contributed by atoms with van der Waals surface area (Å²) in [6, 6.07) is 3.93. The Labute approximate surface area is 105 Å². The highest BCUT2D eigenvalue weighted by Gasteiger charge is 2.18. The molecule has 1 atom stereocenters. The van der Waals surface area contributed by atoms with Crippen molar-refractivity contribution in [3.05, 3.63) is 22.6 Å². The maximum Gasteiger partial charge on any atom is 0.169 e. The highest BCUT2D eigenvalue weighted by molar-refractivity contribution is 9.10. The van der Waals surface area contributed by atoms with E-state index in [0.29, 0.717) is 13.2 Å². The Balaban J connectivity index is 2.53. The fourth-order valence-corrected chi connectivity index (χ4v) is 1.85. The van der Waals surface area contributed by atoms with Crippen LogP contribution in [-0.4, -0.2) is 38.3 Å². The number of ether oxygens (including phenoxy) is 1. The number of rotatable bonds is 7. The van der Waals surface area contributed by atoms with Gasteiger partial charge < -0.3 is 14.9 Å². The third kappa shape index (κ3) is 3.90. The molecule has 1 heterocycles. The largest absolute Gasteiger partial charge is 0.453 e.